The molecule has 0 spiro atoms. The van der Waals surface area contributed by atoms with Crippen LogP contribution in [0.4, 0.5) is 0 Å². The average Bonchev–Trinajstić information content (AvgIpc) is 3.57. The Labute approximate surface area is 223 Å². The van der Waals surface area contributed by atoms with Crippen LogP contribution in [0.3, 0.4) is 0 Å². The third-order valence-corrected chi connectivity index (χ3v) is 7.33. The summed E-state index contributed by atoms with van der Waals surface area (Å²) in [7, 11) is 1.93. The fourth-order valence-electron chi connectivity index (χ4n) is 5.36. The first kappa shape index (κ1) is 22.6. The molecule has 6 nitrogen and oxygen atoms in total. The first-order valence-electron chi connectivity index (χ1n) is 12.5. The van der Waals surface area contributed by atoms with Gasteiger partial charge in [0.1, 0.15) is 5.82 Å². The predicted octanol–water partition coefficient (Wildman–Crippen LogP) is 6.52. The van der Waals surface area contributed by atoms with E-state index in [0.717, 1.165) is 33.2 Å². The third-order valence-electron chi connectivity index (χ3n) is 7.33. The molecular formula is C33H20N4O2. The van der Waals surface area contributed by atoms with Gasteiger partial charge in [-0.2, -0.15) is 5.26 Å². The number of para-hydroxylation sites is 1. The van der Waals surface area contributed by atoms with Gasteiger partial charge in [-0.05, 0) is 64.9 Å². The van der Waals surface area contributed by atoms with E-state index in [2.05, 4.69) is 6.07 Å². The number of ketones is 2. The summed E-state index contributed by atoms with van der Waals surface area (Å²) in [5.74, 6) is -0.0707. The van der Waals surface area contributed by atoms with E-state index in [9.17, 15) is 9.59 Å². The van der Waals surface area contributed by atoms with Gasteiger partial charge in [0, 0.05) is 23.9 Å². The number of carbonyl (C=O) groups excluding carboxylic acids is 2. The quantitative estimate of drug-likeness (QED) is 0.203. The van der Waals surface area contributed by atoms with Gasteiger partial charge in [0.05, 0.1) is 28.4 Å². The van der Waals surface area contributed by atoms with E-state index in [1.165, 1.54) is 0 Å². The van der Waals surface area contributed by atoms with Crippen molar-refractivity contribution in [2.75, 3.05) is 0 Å². The second-order valence-electron chi connectivity index (χ2n) is 9.59. The van der Waals surface area contributed by atoms with Gasteiger partial charge in [0.15, 0.2) is 17.2 Å². The second-order valence-corrected chi connectivity index (χ2v) is 9.59. The molecule has 0 amide bonds. The Balaban J connectivity index is 1.41. The van der Waals surface area contributed by atoms with Gasteiger partial charge in [-0.25, -0.2) is 4.98 Å². The van der Waals surface area contributed by atoms with Crippen molar-refractivity contribution in [3.05, 3.63) is 125 Å². The minimum absolute atomic E-state index is 0.111. The van der Waals surface area contributed by atoms with E-state index in [4.69, 9.17) is 10.2 Å². The number of hydrogen-bond acceptors (Lipinski definition) is 4. The number of aryl methyl sites for hydroxylation is 1. The summed E-state index contributed by atoms with van der Waals surface area (Å²) < 4.78 is 3.95. The molecule has 1 aliphatic rings. The molecule has 0 saturated carbocycles. The van der Waals surface area contributed by atoms with Crippen LogP contribution in [0, 0.1) is 11.3 Å². The molecule has 4 aromatic carbocycles. The molecule has 6 aromatic rings. The van der Waals surface area contributed by atoms with Crippen LogP contribution in [0.25, 0.3) is 45.0 Å². The van der Waals surface area contributed by atoms with Crippen molar-refractivity contribution in [3.8, 4) is 23.0 Å². The Morgan fingerprint density at radius 2 is 1.41 bits per heavy atom. The van der Waals surface area contributed by atoms with Crippen molar-refractivity contribution < 1.29 is 9.59 Å². The largest absolute Gasteiger partial charge is 0.327 e. The van der Waals surface area contributed by atoms with Crippen LogP contribution in [0.5, 0.6) is 0 Å². The maximum Gasteiger partial charge on any atom is 0.197 e. The van der Waals surface area contributed by atoms with Crippen LogP contribution in [0.2, 0.25) is 0 Å². The van der Waals surface area contributed by atoms with Crippen LogP contribution >= 0.6 is 0 Å². The SMILES string of the molecule is Cn1c(-c2ccc(C#N)cc2)cc2c1nc(C=C1C(=O)c3cc4ccccc4cc3C1=O)n2-c1ccccc1. The lowest BCUT2D eigenvalue weighted by Gasteiger charge is -2.07. The number of nitrogens with zero attached hydrogens (tertiary/aromatic N) is 4. The first-order valence-corrected chi connectivity index (χ1v) is 12.5. The molecule has 0 saturated heterocycles. The predicted molar refractivity (Wildman–Crippen MR) is 151 cm³/mol. The summed E-state index contributed by atoms with van der Waals surface area (Å²) in [6, 6.07) is 32.7. The smallest absolute Gasteiger partial charge is 0.197 e. The van der Waals surface area contributed by atoms with Gasteiger partial charge in [-0.3, -0.25) is 14.2 Å². The van der Waals surface area contributed by atoms with Crippen molar-refractivity contribution in [2.45, 2.75) is 0 Å². The number of nitriles is 1. The lowest BCUT2D eigenvalue weighted by atomic mass is 10.0. The van der Waals surface area contributed by atoms with Crippen molar-refractivity contribution >= 4 is 39.6 Å². The van der Waals surface area contributed by atoms with Crippen LogP contribution in [-0.4, -0.2) is 25.7 Å². The molecule has 0 N–H and O–H groups in total. The van der Waals surface area contributed by atoms with Gasteiger partial charge in [-0.15, -0.1) is 0 Å². The number of fused-ring (bicyclic) bond motifs is 3. The van der Waals surface area contributed by atoms with Gasteiger partial charge in [0.25, 0.3) is 0 Å². The fourth-order valence-corrected chi connectivity index (χ4v) is 5.36. The van der Waals surface area contributed by atoms with Crippen LogP contribution < -0.4 is 0 Å². The molecule has 0 aliphatic heterocycles. The number of rotatable bonds is 3. The summed E-state index contributed by atoms with van der Waals surface area (Å²) in [5, 5.41) is 11.0. The van der Waals surface area contributed by atoms with E-state index in [1.54, 1.807) is 30.3 Å². The zero-order valence-corrected chi connectivity index (χ0v) is 20.9. The summed E-state index contributed by atoms with van der Waals surface area (Å²) in [6.07, 6.45) is 1.61. The van der Waals surface area contributed by atoms with Crippen molar-refractivity contribution in [2.24, 2.45) is 7.05 Å². The minimum atomic E-state index is -0.286. The average molecular weight is 505 g/mol. The maximum atomic E-state index is 13.5. The Morgan fingerprint density at radius 1 is 0.795 bits per heavy atom. The Kier molecular flexibility index (Phi) is 4.94. The molecule has 0 unspecified atom stereocenters. The topological polar surface area (TPSA) is 80.7 Å². The van der Waals surface area contributed by atoms with Crippen LogP contribution in [0.1, 0.15) is 32.1 Å². The minimum Gasteiger partial charge on any atom is -0.327 e. The molecule has 0 radical (unpaired) electrons. The molecule has 7 rings (SSSR count). The van der Waals surface area contributed by atoms with E-state index in [-0.39, 0.29) is 17.1 Å². The standard InChI is InChI=1S/C33H20N4O2/c1-36-28(21-13-11-20(19-34)12-14-21)18-29-33(36)35-30(37(29)24-9-3-2-4-10-24)17-27-31(38)25-15-22-7-5-6-8-23(22)16-26(25)32(27)39/h2-18H,1H3. The van der Waals surface area contributed by atoms with Crippen molar-refractivity contribution in [1.29, 1.82) is 5.26 Å². The summed E-state index contributed by atoms with van der Waals surface area (Å²) >= 11 is 0. The van der Waals surface area contributed by atoms with E-state index in [0.29, 0.717) is 28.2 Å². The molecule has 0 bridgehead atoms. The highest BCUT2D eigenvalue weighted by molar-refractivity contribution is 6.42. The number of hydrogen-bond donors (Lipinski definition) is 0. The van der Waals surface area contributed by atoms with Crippen molar-refractivity contribution in [1.82, 2.24) is 14.1 Å². The fraction of sp³-hybridized carbons (Fsp3) is 0.0303. The molecule has 0 fully saturated rings. The molecule has 2 heterocycles. The summed E-state index contributed by atoms with van der Waals surface area (Å²) in [6.45, 7) is 0. The molecule has 1 aliphatic carbocycles. The van der Waals surface area contributed by atoms with Crippen LogP contribution in [-0.2, 0) is 7.05 Å². The maximum absolute atomic E-state index is 13.5. The number of Topliss-reactive ketones (excluding diaryl/α,β-unsaturated/α-hetero) is 2. The zero-order valence-electron chi connectivity index (χ0n) is 20.9. The lowest BCUT2D eigenvalue weighted by molar-refractivity contribution is 0.0990. The molecule has 184 valence electrons. The van der Waals surface area contributed by atoms with E-state index in [1.807, 2.05) is 89.0 Å². The van der Waals surface area contributed by atoms with E-state index < -0.39 is 0 Å². The number of benzene rings is 4. The first-order chi connectivity index (χ1) is 19.0. The van der Waals surface area contributed by atoms with Gasteiger partial charge in [-0.1, -0.05) is 54.6 Å². The summed E-state index contributed by atoms with van der Waals surface area (Å²) in [5.41, 5.74) is 5.88. The number of aromatic nitrogens is 3. The highest BCUT2D eigenvalue weighted by Gasteiger charge is 2.34. The van der Waals surface area contributed by atoms with Crippen LogP contribution in [0.15, 0.2) is 103 Å². The Hall–Kier alpha value is -5.54. The second kappa shape index (κ2) is 8.51. The molecule has 39 heavy (non-hydrogen) atoms. The summed E-state index contributed by atoms with van der Waals surface area (Å²) in [4.78, 5) is 31.8. The third kappa shape index (κ3) is 3.45. The molecule has 0 atom stereocenters. The number of imidazole rings is 1. The number of carbonyl (C=O) groups is 2. The van der Waals surface area contributed by atoms with Crippen molar-refractivity contribution in [3.63, 3.8) is 0 Å². The zero-order chi connectivity index (χ0) is 26.7. The number of allylic oxidation sites excluding steroid dienone is 1. The van der Waals surface area contributed by atoms with E-state index >= 15 is 0 Å². The Bertz CT molecular complexity index is 2000. The van der Waals surface area contributed by atoms with Gasteiger partial charge >= 0.3 is 0 Å². The van der Waals surface area contributed by atoms with Gasteiger partial charge in [0.2, 0.25) is 0 Å². The monoisotopic (exact) mass is 504 g/mol. The Morgan fingerprint density at radius 3 is 2.03 bits per heavy atom. The lowest BCUT2D eigenvalue weighted by Crippen LogP contribution is -2.03. The molecule has 6 heteroatoms. The highest BCUT2D eigenvalue weighted by Crippen LogP contribution is 2.34. The van der Waals surface area contributed by atoms with Gasteiger partial charge < -0.3 is 4.57 Å². The molecule has 2 aromatic heterocycles. The highest BCUT2D eigenvalue weighted by atomic mass is 16.2. The molecular weight excluding hydrogens is 484 g/mol. The normalized spacial score (nSPS) is 12.8.